The van der Waals surface area contributed by atoms with Gasteiger partial charge in [0.25, 0.3) is 0 Å². The number of nitrogens with one attached hydrogen (secondary N) is 2. The molecule has 1 fully saturated rings. The molecule has 1 heterocycles. The van der Waals surface area contributed by atoms with Gasteiger partial charge >= 0.3 is 0 Å². The van der Waals surface area contributed by atoms with Crippen LogP contribution in [0.15, 0.2) is 24.3 Å². The van der Waals surface area contributed by atoms with E-state index >= 15 is 0 Å². The molecule has 0 bridgehead atoms. The van der Waals surface area contributed by atoms with Crippen molar-refractivity contribution in [3.8, 4) is 5.75 Å². The summed E-state index contributed by atoms with van der Waals surface area (Å²) in [4.78, 5) is 11.9. The zero-order valence-corrected chi connectivity index (χ0v) is 12.7. The van der Waals surface area contributed by atoms with Gasteiger partial charge in [0.2, 0.25) is 5.91 Å². The van der Waals surface area contributed by atoms with Crippen LogP contribution in [-0.4, -0.2) is 37.8 Å². The number of amides is 1. The van der Waals surface area contributed by atoms with Crippen LogP contribution in [-0.2, 0) is 9.53 Å². The van der Waals surface area contributed by atoms with Crippen molar-refractivity contribution in [2.75, 3.05) is 25.1 Å². The molecule has 1 aliphatic rings. The van der Waals surface area contributed by atoms with E-state index in [0.29, 0.717) is 0 Å². The fourth-order valence-corrected chi connectivity index (χ4v) is 2.23. The van der Waals surface area contributed by atoms with Crippen molar-refractivity contribution in [1.82, 2.24) is 5.32 Å². The molecule has 1 aromatic rings. The first-order valence-corrected chi connectivity index (χ1v) is 7.51. The van der Waals surface area contributed by atoms with Gasteiger partial charge in [0.15, 0.2) is 0 Å². The summed E-state index contributed by atoms with van der Waals surface area (Å²) in [6.45, 7) is 5.73. The maximum atomic E-state index is 11.9. The van der Waals surface area contributed by atoms with Gasteiger partial charge in [0, 0.05) is 24.9 Å². The number of carbonyl (C=O) groups is 1. The average Bonchev–Trinajstić information content (AvgIpc) is 2.47. The Kier molecular flexibility index (Phi) is 5.87. The van der Waals surface area contributed by atoms with Crippen LogP contribution in [0.25, 0.3) is 0 Å². The largest absolute Gasteiger partial charge is 0.491 e. The van der Waals surface area contributed by atoms with Crippen molar-refractivity contribution < 1.29 is 14.3 Å². The van der Waals surface area contributed by atoms with Crippen molar-refractivity contribution in [2.24, 2.45) is 0 Å². The summed E-state index contributed by atoms with van der Waals surface area (Å²) < 4.78 is 10.8. The smallest absolute Gasteiger partial charge is 0.239 e. The molecule has 116 valence electrons. The summed E-state index contributed by atoms with van der Waals surface area (Å²) >= 11 is 0. The van der Waals surface area contributed by atoms with Crippen LogP contribution in [0.4, 0.5) is 5.69 Å². The van der Waals surface area contributed by atoms with E-state index in [4.69, 9.17) is 9.47 Å². The van der Waals surface area contributed by atoms with Gasteiger partial charge in [-0.1, -0.05) is 0 Å². The van der Waals surface area contributed by atoms with Crippen LogP contribution >= 0.6 is 0 Å². The molecule has 1 aliphatic heterocycles. The average molecular weight is 292 g/mol. The lowest BCUT2D eigenvalue weighted by Gasteiger charge is -2.23. The highest BCUT2D eigenvalue weighted by molar-refractivity contribution is 5.81. The fourth-order valence-electron chi connectivity index (χ4n) is 2.23. The number of rotatable bonds is 6. The van der Waals surface area contributed by atoms with Gasteiger partial charge in [-0.05, 0) is 51.0 Å². The van der Waals surface area contributed by atoms with E-state index in [1.807, 2.05) is 38.1 Å². The quantitative estimate of drug-likeness (QED) is 0.844. The zero-order chi connectivity index (χ0) is 15.1. The molecule has 2 N–H and O–H groups in total. The number of ether oxygens (including phenoxy) is 2. The van der Waals surface area contributed by atoms with Gasteiger partial charge in [0.05, 0.1) is 12.6 Å². The molecule has 5 nitrogen and oxygen atoms in total. The minimum atomic E-state index is 0.0180. The molecule has 0 aromatic heterocycles. The highest BCUT2D eigenvalue weighted by Crippen LogP contribution is 2.16. The van der Waals surface area contributed by atoms with E-state index < -0.39 is 0 Å². The first-order chi connectivity index (χ1) is 10.1. The highest BCUT2D eigenvalue weighted by Gasteiger charge is 2.15. The van der Waals surface area contributed by atoms with Crippen molar-refractivity contribution >= 4 is 11.6 Å². The van der Waals surface area contributed by atoms with E-state index in [-0.39, 0.29) is 24.6 Å². The minimum absolute atomic E-state index is 0.0180. The van der Waals surface area contributed by atoms with E-state index in [2.05, 4.69) is 10.6 Å². The van der Waals surface area contributed by atoms with Crippen LogP contribution in [0.3, 0.4) is 0 Å². The standard InChI is InChI=1S/C16H24N2O3/c1-12(2)21-15-5-3-13(4-6-15)17-11-16(19)18-14-7-9-20-10-8-14/h3-6,12,14,17H,7-11H2,1-2H3,(H,18,19). The lowest BCUT2D eigenvalue weighted by atomic mass is 10.1. The first-order valence-electron chi connectivity index (χ1n) is 7.51. The molecule has 0 spiro atoms. The lowest BCUT2D eigenvalue weighted by molar-refractivity contribution is -0.120. The molecule has 1 saturated heterocycles. The highest BCUT2D eigenvalue weighted by atomic mass is 16.5. The molecular formula is C16H24N2O3. The van der Waals surface area contributed by atoms with Gasteiger partial charge < -0.3 is 20.1 Å². The molecule has 5 heteroatoms. The van der Waals surface area contributed by atoms with E-state index in [9.17, 15) is 4.79 Å². The number of benzene rings is 1. The predicted octanol–water partition coefficient (Wildman–Crippen LogP) is 2.18. The van der Waals surface area contributed by atoms with Crippen molar-refractivity contribution in [1.29, 1.82) is 0 Å². The SMILES string of the molecule is CC(C)Oc1ccc(NCC(=O)NC2CCOCC2)cc1. The summed E-state index contributed by atoms with van der Waals surface area (Å²) in [5, 5.41) is 6.14. The van der Waals surface area contributed by atoms with E-state index in [0.717, 1.165) is 37.5 Å². The van der Waals surface area contributed by atoms with Gasteiger partial charge in [-0.2, -0.15) is 0 Å². The molecule has 0 atom stereocenters. The van der Waals surface area contributed by atoms with Gasteiger partial charge in [-0.15, -0.1) is 0 Å². The zero-order valence-electron chi connectivity index (χ0n) is 12.7. The van der Waals surface area contributed by atoms with Crippen LogP contribution in [0.2, 0.25) is 0 Å². The van der Waals surface area contributed by atoms with Crippen molar-refractivity contribution in [2.45, 2.75) is 38.8 Å². The Hall–Kier alpha value is -1.75. The molecule has 2 rings (SSSR count). The molecule has 1 aromatic carbocycles. The van der Waals surface area contributed by atoms with E-state index in [1.165, 1.54) is 0 Å². The van der Waals surface area contributed by atoms with Gasteiger partial charge in [0.1, 0.15) is 5.75 Å². The summed E-state index contributed by atoms with van der Waals surface area (Å²) in [5.41, 5.74) is 0.910. The van der Waals surface area contributed by atoms with Crippen molar-refractivity contribution in [3.63, 3.8) is 0 Å². The molecule has 0 radical (unpaired) electrons. The number of anilines is 1. The summed E-state index contributed by atoms with van der Waals surface area (Å²) in [7, 11) is 0. The second kappa shape index (κ2) is 7.88. The third kappa shape index (κ3) is 5.63. The van der Waals surface area contributed by atoms with Crippen LogP contribution < -0.4 is 15.4 Å². The fraction of sp³-hybridized carbons (Fsp3) is 0.562. The number of carbonyl (C=O) groups excluding carboxylic acids is 1. The maximum Gasteiger partial charge on any atom is 0.239 e. The molecular weight excluding hydrogens is 268 g/mol. The Morgan fingerprint density at radius 3 is 2.57 bits per heavy atom. The molecule has 0 unspecified atom stereocenters. The third-order valence-electron chi connectivity index (χ3n) is 3.27. The summed E-state index contributed by atoms with van der Waals surface area (Å²) in [5.74, 6) is 0.853. The molecule has 0 saturated carbocycles. The Labute approximate surface area is 126 Å². The number of hydrogen-bond donors (Lipinski definition) is 2. The number of hydrogen-bond acceptors (Lipinski definition) is 4. The Morgan fingerprint density at radius 2 is 1.95 bits per heavy atom. The van der Waals surface area contributed by atoms with Gasteiger partial charge in [-0.3, -0.25) is 4.79 Å². The normalized spacial score (nSPS) is 15.8. The second-order valence-corrected chi connectivity index (χ2v) is 5.50. The lowest BCUT2D eigenvalue weighted by Crippen LogP contribution is -2.41. The molecule has 0 aliphatic carbocycles. The second-order valence-electron chi connectivity index (χ2n) is 5.50. The Balaban J connectivity index is 1.73. The van der Waals surface area contributed by atoms with Crippen molar-refractivity contribution in [3.05, 3.63) is 24.3 Å². The molecule has 21 heavy (non-hydrogen) atoms. The predicted molar refractivity (Wildman–Crippen MR) is 82.7 cm³/mol. The topological polar surface area (TPSA) is 59.6 Å². The van der Waals surface area contributed by atoms with Crippen LogP contribution in [0.5, 0.6) is 5.75 Å². The summed E-state index contributed by atoms with van der Waals surface area (Å²) in [6, 6.07) is 7.88. The first kappa shape index (κ1) is 15.6. The Morgan fingerprint density at radius 1 is 1.29 bits per heavy atom. The monoisotopic (exact) mass is 292 g/mol. The van der Waals surface area contributed by atoms with Gasteiger partial charge in [-0.25, -0.2) is 0 Å². The third-order valence-corrected chi connectivity index (χ3v) is 3.27. The maximum absolute atomic E-state index is 11.9. The molecule has 1 amide bonds. The van der Waals surface area contributed by atoms with Crippen LogP contribution in [0.1, 0.15) is 26.7 Å². The van der Waals surface area contributed by atoms with E-state index in [1.54, 1.807) is 0 Å². The summed E-state index contributed by atoms with van der Waals surface area (Å²) in [6.07, 6.45) is 1.95. The minimum Gasteiger partial charge on any atom is -0.491 e. The Bertz CT molecular complexity index is 439. The van der Waals surface area contributed by atoms with Crippen LogP contribution in [0, 0.1) is 0 Å².